The van der Waals surface area contributed by atoms with Crippen molar-refractivity contribution in [3.8, 4) is 0 Å². The van der Waals surface area contributed by atoms with Gasteiger partial charge in [-0.05, 0) is 51.4 Å². The second-order valence-corrected chi connectivity index (χ2v) is 19.4. The van der Waals surface area contributed by atoms with Gasteiger partial charge >= 0.3 is 27.6 Å². The zero-order valence-electron chi connectivity index (χ0n) is 39.2. The molecule has 0 heterocycles. The highest BCUT2D eigenvalue weighted by molar-refractivity contribution is 7.47. The lowest BCUT2D eigenvalue weighted by molar-refractivity contribution is -0.216. The zero-order chi connectivity index (χ0) is 48.2. The minimum absolute atomic E-state index is 0.0312. The summed E-state index contributed by atoms with van der Waals surface area (Å²) in [5, 5.41) is 41.2. The number of ether oxygens (including phenoxy) is 2. The normalized spacial score (nSPS) is 22.0. The summed E-state index contributed by atoms with van der Waals surface area (Å²) in [6.45, 7) is 3.04. The SMILES string of the molecule is CCCCCC=CCC=CCC=CCC=CCCCC(=O)O[C@H](COC(=O)CCCCCCCCCCCCCCCCC)COP(=O)(O)O[C@H]1C(O)C(O)C(O)[C@@H](OP(=O)(O)O)C1O. The van der Waals surface area contributed by atoms with Crippen LogP contribution in [0.2, 0.25) is 0 Å². The number of allylic oxidation sites excluding steroid dienone is 8. The van der Waals surface area contributed by atoms with Gasteiger partial charge in [0.1, 0.15) is 43.2 Å². The maximum absolute atomic E-state index is 13.0. The van der Waals surface area contributed by atoms with Crippen LogP contribution in [0.1, 0.15) is 181 Å². The fourth-order valence-electron chi connectivity index (χ4n) is 7.14. The number of aliphatic hydroxyl groups is 4. The lowest BCUT2D eigenvalue weighted by Gasteiger charge is -2.43. The average Bonchev–Trinajstić information content (AvgIpc) is 3.26. The largest absolute Gasteiger partial charge is 0.472 e. The summed E-state index contributed by atoms with van der Waals surface area (Å²) >= 11 is 0. The van der Waals surface area contributed by atoms with E-state index in [4.69, 9.17) is 18.5 Å². The van der Waals surface area contributed by atoms with Gasteiger partial charge in [0, 0.05) is 12.8 Å². The van der Waals surface area contributed by atoms with Gasteiger partial charge < -0.3 is 44.6 Å². The number of esters is 2. The monoisotopic (exact) mass is 967 g/mol. The molecule has 18 heteroatoms. The minimum atomic E-state index is -5.37. The number of rotatable bonds is 40. The van der Waals surface area contributed by atoms with E-state index in [1.165, 1.54) is 83.5 Å². The number of unbranched alkanes of at least 4 members (excludes halogenated alkanes) is 18. The molecule has 378 valence electrons. The summed E-state index contributed by atoms with van der Waals surface area (Å²) in [5.74, 6) is -1.27. The lowest BCUT2D eigenvalue weighted by atomic mass is 9.85. The van der Waals surface area contributed by atoms with Crippen molar-refractivity contribution in [2.45, 2.75) is 224 Å². The maximum atomic E-state index is 13.0. The van der Waals surface area contributed by atoms with Crippen LogP contribution in [-0.4, -0.2) is 103 Å². The molecule has 16 nitrogen and oxygen atoms in total. The molecule has 0 saturated heterocycles. The van der Waals surface area contributed by atoms with Gasteiger partial charge in [0.15, 0.2) is 6.10 Å². The number of hydrogen-bond acceptors (Lipinski definition) is 13. The Labute approximate surface area is 388 Å². The van der Waals surface area contributed by atoms with Crippen LogP contribution in [0.3, 0.4) is 0 Å². The van der Waals surface area contributed by atoms with Crippen molar-refractivity contribution < 1.29 is 76.9 Å². The Bertz CT molecular complexity index is 1450. The molecule has 1 aliphatic rings. The van der Waals surface area contributed by atoms with Gasteiger partial charge in [0.05, 0.1) is 6.61 Å². The Morgan fingerprint density at radius 3 is 1.40 bits per heavy atom. The molecule has 1 fully saturated rings. The zero-order valence-corrected chi connectivity index (χ0v) is 40.9. The van der Waals surface area contributed by atoms with Crippen LogP contribution in [0.25, 0.3) is 0 Å². The molecule has 8 atom stereocenters. The first-order chi connectivity index (χ1) is 31.1. The Hall–Kier alpha value is -2.04. The van der Waals surface area contributed by atoms with E-state index in [1.54, 1.807) is 0 Å². The van der Waals surface area contributed by atoms with Crippen molar-refractivity contribution in [3.63, 3.8) is 0 Å². The smallest absolute Gasteiger partial charge is 0.462 e. The molecule has 1 rings (SSSR count). The Morgan fingerprint density at radius 1 is 0.492 bits per heavy atom. The molecular formula is C47H84O16P2. The predicted octanol–water partition coefficient (Wildman–Crippen LogP) is 9.29. The van der Waals surface area contributed by atoms with Gasteiger partial charge in [-0.15, -0.1) is 0 Å². The molecule has 5 unspecified atom stereocenters. The summed E-state index contributed by atoms with van der Waals surface area (Å²) in [7, 11) is -10.7. The molecule has 0 radical (unpaired) electrons. The van der Waals surface area contributed by atoms with Crippen LogP contribution < -0.4 is 0 Å². The predicted molar refractivity (Wildman–Crippen MR) is 250 cm³/mol. The van der Waals surface area contributed by atoms with Crippen LogP contribution >= 0.6 is 15.6 Å². The van der Waals surface area contributed by atoms with Crippen LogP contribution in [-0.2, 0) is 41.8 Å². The fraction of sp³-hybridized carbons (Fsp3) is 0.787. The molecule has 0 aromatic rings. The molecule has 65 heavy (non-hydrogen) atoms. The Kier molecular flexibility index (Phi) is 35.5. The molecule has 1 saturated carbocycles. The highest BCUT2D eigenvalue weighted by atomic mass is 31.2. The van der Waals surface area contributed by atoms with E-state index in [9.17, 15) is 53.8 Å². The van der Waals surface area contributed by atoms with Crippen molar-refractivity contribution in [3.05, 3.63) is 48.6 Å². The van der Waals surface area contributed by atoms with Crippen LogP contribution in [0, 0.1) is 0 Å². The van der Waals surface area contributed by atoms with Gasteiger partial charge in [-0.1, -0.05) is 165 Å². The van der Waals surface area contributed by atoms with Crippen LogP contribution in [0.15, 0.2) is 48.6 Å². The topological polar surface area (TPSA) is 256 Å². The summed E-state index contributed by atoms with van der Waals surface area (Å²) < 4.78 is 49.3. The second kappa shape index (κ2) is 37.9. The van der Waals surface area contributed by atoms with Crippen molar-refractivity contribution in [2.75, 3.05) is 13.2 Å². The first kappa shape index (κ1) is 61.0. The van der Waals surface area contributed by atoms with E-state index < -0.39 is 83.5 Å². The number of hydrogen-bond donors (Lipinski definition) is 7. The quantitative estimate of drug-likeness (QED) is 0.0131. The molecule has 0 bridgehead atoms. The van der Waals surface area contributed by atoms with Crippen molar-refractivity contribution in [1.82, 2.24) is 0 Å². The highest BCUT2D eigenvalue weighted by Crippen LogP contribution is 2.49. The average molecular weight is 967 g/mol. The summed E-state index contributed by atoms with van der Waals surface area (Å²) in [6.07, 6.45) is 27.9. The highest BCUT2D eigenvalue weighted by Gasteiger charge is 2.54. The second-order valence-electron chi connectivity index (χ2n) is 16.8. The standard InChI is InChI=1S/C47H84O16P2/c1-3-5-7-9-11-13-15-17-19-20-22-24-26-28-30-32-34-36-41(49)61-39(37-59-40(48)35-33-31-29-27-25-23-21-18-16-14-12-10-8-6-4-2)38-60-65(57,58)63-47-44(52)42(50)43(51)46(45(47)53)62-64(54,55)56/h11,13,17,19,22,24,28,30,39,42-47,50-53H,3-10,12,14-16,18,20-21,23,25-27,29,31-38H2,1-2H3,(H,57,58)(H2,54,55,56)/t39-,42?,43?,44?,45?,46-,47+/m1/s1. The molecule has 0 aromatic heterocycles. The van der Waals surface area contributed by atoms with Gasteiger partial charge in [-0.3, -0.25) is 23.2 Å². The van der Waals surface area contributed by atoms with E-state index in [1.807, 2.05) is 12.2 Å². The van der Waals surface area contributed by atoms with Gasteiger partial charge in [0.25, 0.3) is 0 Å². The third kappa shape index (κ3) is 32.4. The fourth-order valence-corrected chi connectivity index (χ4v) is 8.68. The molecule has 1 aliphatic carbocycles. The molecular weight excluding hydrogens is 882 g/mol. The van der Waals surface area contributed by atoms with E-state index in [0.717, 1.165) is 51.4 Å². The maximum Gasteiger partial charge on any atom is 0.472 e. The summed E-state index contributed by atoms with van der Waals surface area (Å²) in [6, 6.07) is 0. The lowest BCUT2D eigenvalue weighted by Crippen LogP contribution is -2.64. The number of carbonyl (C=O) groups is 2. The minimum Gasteiger partial charge on any atom is -0.462 e. The Morgan fingerprint density at radius 2 is 0.908 bits per heavy atom. The number of phosphoric acid groups is 2. The van der Waals surface area contributed by atoms with E-state index >= 15 is 0 Å². The van der Waals surface area contributed by atoms with Crippen molar-refractivity contribution in [2.24, 2.45) is 0 Å². The molecule has 0 aromatic carbocycles. The van der Waals surface area contributed by atoms with Gasteiger partial charge in [0.2, 0.25) is 0 Å². The first-order valence-electron chi connectivity index (χ1n) is 24.2. The summed E-state index contributed by atoms with van der Waals surface area (Å²) in [4.78, 5) is 54.3. The molecule has 7 N–H and O–H groups in total. The van der Waals surface area contributed by atoms with Crippen molar-refractivity contribution >= 4 is 27.6 Å². The summed E-state index contributed by atoms with van der Waals surface area (Å²) in [5.41, 5.74) is 0. The van der Waals surface area contributed by atoms with Gasteiger partial charge in [-0.25, -0.2) is 9.13 Å². The van der Waals surface area contributed by atoms with Gasteiger partial charge in [-0.2, -0.15) is 0 Å². The van der Waals surface area contributed by atoms with E-state index in [0.29, 0.717) is 19.3 Å². The molecule has 0 spiro atoms. The number of carbonyl (C=O) groups excluding carboxylic acids is 2. The third-order valence-corrected chi connectivity index (χ3v) is 12.4. The molecule has 0 amide bonds. The number of phosphoric ester groups is 2. The number of aliphatic hydroxyl groups excluding tert-OH is 4. The Balaban J connectivity index is 2.63. The third-order valence-electron chi connectivity index (χ3n) is 10.9. The van der Waals surface area contributed by atoms with Crippen LogP contribution in [0.4, 0.5) is 0 Å². The van der Waals surface area contributed by atoms with Crippen molar-refractivity contribution in [1.29, 1.82) is 0 Å². The van der Waals surface area contributed by atoms with E-state index in [2.05, 4.69) is 54.8 Å². The van der Waals surface area contributed by atoms with Crippen LogP contribution in [0.5, 0.6) is 0 Å². The molecule has 0 aliphatic heterocycles. The van der Waals surface area contributed by atoms with E-state index in [-0.39, 0.29) is 12.8 Å². The first-order valence-corrected chi connectivity index (χ1v) is 27.2.